The highest BCUT2D eigenvalue weighted by atomic mass is 35.5. The van der Waals surface area contributed by atoms with Crippen molar-refractivity contribution >= 4 is 35.6 Å². The number of anilines is 1. The average molecular weight is 342 g/mol. The zero-order valence-corrected chi connectivity index (χ0v) is 13.9. The number of nitrogen functional groups attached to an aromatic ring is 1. The van der Waals surface area contributed by atoms with Gasteiger partial charge in [0.1, 0.15) is 0 Å². The van der Waals surface area contributed by atoms with Gasteiger partial charge in [0.05, 0.1) is 0 Å². The lowest BCUT2D eigenvalue weighted by Crippen LogP contribution is -2.00. The van der Waals surface area contributed by atoms with Gasteiger partial charge in [-0.25, -0.2) is 0 Å². The van der Waals surface area contributed by atoms with Crippen LogP contribution >= 0.6 is 24.2 Å². The summed E-state index contributed by atoms with van der Waals surface area (Å²) < 4.78 is 0. The Labute approximate surface area is 146 Å². The molecule has 116 valence electrons. The van der Waals surface area contributed by atoms with E-state index in [1.165, 1.54) is 0 Å². The van der Waals surface area contributed by atoms with Gasteiger partial charge in [-0.05, 0) is 48.5 Å². The van der Waals surface area contributed by atoms with Crippen LogP contribution in [0.15, 0.2) is 88.7 Å². The summed E-state index contributed by atoms with van der Waals surface area (Å²) in [5.74, 6) is 0.0460. The summed E-state index contributed by atoms with van der Waals surface area (Å²) >= 11 is 1.65. The molecule has 0 spiro atoms. The molecule has 0 fully saturated rings. The SMILES string of the molecule is Cl.Nc1ccc(Sc2ccc(C(=O)c3ccccc3)cc2)cc1. The average Bonchev–Trinajstić information content (AvgIpc) is 2.58. The molecule has 0 saturated heterocycles. The van der Waals surface area contributed by atoms with Crippen LogP contribution in [-0.2, 0) is 0 Å². The van der Waals surface area contributed by atoms with Gasteiger partial charge in [0.25, 0.3) is 0 Å². The molecule has 0 saturated carbocycles. The maximum atomic E-state index is 12.3. The highest BCUT2D eigenvalue weighted by molar-refractivity contribution is 7.99. The summed E-state index contributed by atoms with van der Waals surface area (Å²) in [6, 6.07) is 24.7. The number of carbonyl (C=O) groups excluding carboxylic acids is 1. The molecule has 0 unspecified atom stereocenters. The molecule has 0 amide bonds. The van der Waals surface area contributed by atoms with E-state index in [0.29, 0.717) is 11.1 Å². The van der Waals surface area contributed by atoms with Gasteiger partial charge in [0.15, 0.2) is 5.78 Å². The molecule has 0 bridgehead atoms. The summed E-state index contributed by atoms with van der Waals surface area (Å²) in [5, 5.41) is 0. The Morgan fingerprint density at radius 2 is 1.17 bits per heavy atom. The van der Waals surface area contributed by atoms with Gasteiger partial charge in [-0.3, -0.25) is 4.79 Å². The van der Waals surface area contributed by atoms with E-state index in [4.69, 9.17) is 5.73 Å². The van der Waals surface area contributed by atoms with Crippen LogP contribution in [0.4, 0.5) is 5.69 Å². The number of nitrogens with two attached hydrogens (primary N) is 1. The van der Waals surface area contributed by atoms with Crippen molar-refractivity contribution in [1.29, 1.82) is 0 Å². The van der Waals surface area contributed by atoms with Crippen LogP contribution in [0.5, 0.6) is 0 Å². The van der Waals surface area contributed by atoms with Crippen molar-refractivity contribution in [2.45, 2.75) is 9.79 Å². The van der Waals surface area contributed by atoms with Gasteiger partial charge in [-0.15, -0.1) is 12.4 Å². The molecule has 0 radical (unpaired) electrons. The third-order valence-electron chi connectivity index (χ3n) is 3.27. The van der Waals surface area contributed by atoms with Crippen molar-refractivity contribution < 1.29 is 4.79 Å². The highest BCUT2D eigenvalue weighted by Gasteiger charge is 2.08. The summed E-state index contributed by atoms with van der Waals surface area (Å²) in [6.45, 7) is 0. The lowest BCUT2D eigenvalue weighted by atomic mass is 10.0. The fourth-order valence-corrected chi connectivity index (χ4v) is 2.92. The van der Waals surface area contributed by atoms with Gasteiger partial charge < -0.3 is 5.73 Å². The van der Waals surface area contributed by atoms with Crippen LogP contribution in [0, 0.1) is 0 Å². The molecule has 0 heterocycles. The quantitative estimate of drug-likeness (QED) is 0.532. The first-order valence-electron chi connectivity index (χ1n) is 6.95. The second kappa shape index (κ2) is 7.86. The minimum absolute atomic E-state index is 0. The Morgan fingerprint density at radius 1 is 0.696 bits per heavy atom. The maximum absolute atomic E-state index is 12.3. The van der Waals surface area contributed by atoms with E-state index in [0.717, 1.165) is 15.5 Å². The van der Waals surface area contributed by atoms with E-state index in [1.807, 2.05) is 78.9 Å². The smallest absolute Gasteiger partial charge is 0.193 e. The molecule has 0 aromatic heterocycles. The summed E-state index contributed by atoms with van der Waals surface area (Å²) in [5.41, 5.74) is 7.85. The minimum atomic E-state index is 0. The van der Waals surface area contributed by atoms with Gasteiger partial charge in [0.2, 0.25) is 0 Å². The Hall–Kier alpha value is -2.23. The van der Waals surface area contributed by atoms with Crippen LogP contribution in [0.1, 0.15) is 15.9 Å². The fraction of sp³-hybridized carbons (Fsp3) is 0. The number of hydrogen-bond donors (Lipinski definition) is 1. The van der Waals surface area contributed by atoms with Crippen LogP contribution < -0.4 is 5.73 Å². The largest absolute Gasteiger partial charge is 0.399 e. The van der Waals surface area contributed by atoms with Crippen molar-refractivity contribution in [3.05, 3.63) is 90.0 Å². The topological polar surface area (TPSA) is 43.1 Å². The molecule has 0 atom stereocenters. The second-order valence-electron chi connectivity index (χ2n) is 4.89. The molecule has 23 heavy (non-hydrogen) atoms. The monoisotopic (exact) mass is 341 g/mol. The minimum Gasteiger partial charge on any atom is -0.399 e. The van der Waals surface area contributed by atoms with Crippen molar-refractivity contribution in [2.75, 3.05) is 5.73 Å². The molecule has 0 aliphatic carbocycles. The Bertz CT molecular complexity index is 771. The molecule has 2 nitrogen and oxygen atoms in total. The standard InChI is InChI=1S/C19H15NOS.ClH/c20-16-8-12-18(13-9-16)22-17-10-6-15(7-11-17)19(21)14-4-2-1-3-5-14;/h1-13H,20H2;1H. The predicted molar refractivity (Wildman–Crippen MR) is 98.5 cm³/mol. The number of halogens is 1. The van der Waals surface area contributed by atoms with Crippen LogP contribution in [-0.4, -0.2) is 5.78 Å². The number of rotatable bonds is 4. The first kappa shape index (κ1) is 17.1. The van der Waals surface area contributed by atoms with Crippen molar-refractivity contribution in [3.8, 4) is 0 Å². The third kappa shape index (κ3) is 4.38. The maximum Gasteiger partial charge on any atom is 0.193 e. The molecule has 0 aliphatic rings. The van der Waals surface area contributed by atoms with Crippen LogP contribution in [0.2, 0.25) is 0 Å². The summed E-state index contributed by atoms with van der Waals surface area (Å²) in [7, 11) is 0. The fourth-order valence-electron chi connectivity index (χ4n) is 2.10. The van der Waals surface area contributed by atoms with E-state index >= 15 is 0 Å². The lowest BCUT2D eigenvalue weighted by Gasteiger charge is -2.04. The highest BCUT2D eigenvalue weighted by Crippen LogP contribution is 2.28. The molecule has 0 aliphatic heterocycles. The first-order valence-corrected chi connectivity index (χ1v) is 7.77. The zero-order chi connectivity index (χ0) is 15.4. The van der Waals surface area contributed by atoms with Crippen molar-refractivity contribution in [1.82, 2.24) is 0 Å². The Kier molecular flexibility index (Phi) is 5.85. The molecule has 3 rings (SSSR count). The zero-order valence-electron chi connectivity index (χ0n) is 12.3. The third-order valence-corrected chi connectivity index (χ3v) is 4.28. The molecule has 3 aromatic rings. The number of hydrogen-bond acceptors (Lipinski definition) is 3. The van der Waals surface area contributed by atoms with E-state index in [2.05, 4.69) is 0 Å². The van der Waals surface area contributed by atoms with Gasteiger partial charge in [-0.1, -0.05) is 42.1 Å². The van der Waals surface area contributed by atoms with Crippen LogP contribution in [0.25, 0.3) is 0 Å². The van der Waals surface area contributed by atoms with E-state index < -0.39 is 0 Å². The van der Waals surface area contributed by atoms with Crippen molar-refractivity contribution in [2.24, 2.45) is 0 Å². The van der Waals surface area contributed by atoms with Gasteiger partial charge >= 0.3 is 0 Å². The van der Waals surface area contributed by atoms with Gasteiger partial charge in [-0.2, -0.15) is 0 Å². The molecule has 2 N–H and O–H groups in total. The Morgan fingerprint density at radius 3 is 1.74 bits per heavy atom. The molecule has 3 aromatic carbocycles. The molecule has 4 heteroatoms. The van der Waals surface area contributed by atoms with Crippen molar-refractivity contribution in [3.63, 3.8) is 0 Å². The predicted octanol–water partition coefficient (Wildman–Crippen LogP) is 5.07. The van der Waals surface area contributed by atoms with Crippen LogP contribution in [0.3, 0.4) is 0 Å². The number of benzene rings is 3. The number of ketones is 1. The lowest BCUT2D eigenvalue weighted by molar-refractivity contribution is 0.103. The summed E-state index contributed by atoms with van der Waals surface area (Å²) in [6.07, 6.45) is 0. The number of carbonyl (C=O) groups is 1. The van der Waals surface area contributed by atoms with E-state index in [9.17, 15) is 4.79 Å². The van der Waals surface area contributed by atoms with E-state index in [1.54, 1.807) is 11.8 Å². The van der Waals surface area contributed by atoms with E-state index in [-0.39, 0.29) is 18.2 Å². The first-order chi connectivity index (χ1) is 10.7. The normalized spacial score (nSPS) is 9.91. The second-order valence-corrected chi connectivity index (χ2v) is 6.04. The molecular formula is C19H16ClNOS. The van der Waals surface area contributed by atoms with Gasteiger partial charge in [0, 0.05) is 26.6 Å². The summed E-state index contributed by atoms with van der Waals surface area (Å²) in [4.78, 5) is 14.5. The molecular weight excluding hydrogens is 326 g/mol. The Balaban J connectivity index is 0.00000192.